The number of hydrogen-bond acceptors (Lipinski definition) is 5. The minimum absolute atomic E-state index is 0.0487. The number of carbonyl (C=O) groups excluding carboxylic acids is 2. The number of urea groups is 1. The number of sulfonamides is 1. The second kappa shape index (κ2) is 12.6. The van der Waals surface area contributed by atoms with Crippen molar-refractivity contribution in [1.29, 1.82) is 0 Å². The molecule has 39 heavy (non-hydrogen) atoms. The molecule has 208 valence electrons. The highest BCUT2D eigenvalue weighted by atomic mass is 32.2. The van der Waals surface area contributed by atoms with E-state index in [2.05, 4.69) is 20.7 Å². The van der Waals surface area contributed by atoms with Gasteiger partial charge in [0.25, 0.3) is 10.0 Å². The summed E-state index contributed by atoms with van der Waals surface area (Å²) >= 11 is 0. The zero-order valence-electron chi connectivity index (χ0n) is 22.2. The van der Waals surface area contributed by atoms with Crippen LogP contribution in [-0.2, 0) is 19.6 Å². The largest absolute Gasteiger partial charge is 0.481 e. The van der Waals surface area contributed by atoms with Gasteiger partial charge in [0.05, 0.1) is 10.6 Å². The molecule has 3 aromatic rings. The molecular formula is C28H34N4O6S. The van der Waals surface area contributed by atoms with Crippen LogP contribution in [0.5, 0.6) is 0 Å². The van der Waals surface area contributed by atoms with Gasteiger partial charge >= 0.3 is 12.0 Å². The van der Waals surface area contributed by atoms with Crippen molar-refractivity contribution in [2.24, 2.45) is 5.41 Å². The summed E-state index contributed by atoms with van der Waals surface area (Å²) in [4.78, 5) is 35.2. The summed E-state index contributed by atoms with van der Waals surface area (Å²) in [6.45, 7) is 5.79. The summed E-state index contributed by atoms with van der Waals surface area (Å²) < 4.78 is 29.2. The van der Waals surface area contributed by atoms with E-state index in [-0.39, 0.29) is 17.2 Å². The lowest BCUT2D eigenvalue weighted by molar-refractivity contribution is -0.137. The third kappa shape index (κ3) is 8.44. The van der Waals surface area contributed by atoms with Crippen LogP contribution in [-0.4, -0.2) is 38.0 Å². The molecule has 0 saturated carbocycles. The fraction of sp³-hybridized carbons (Fsp3) is 0.321. The molecule has 0 spiro atoms. The Labute approximate surface area is 228 Å². The number of amides is 3. The Hall–Kier alpha value is -4.12. The van der Waals surface area contributed by atoms with Crippen LogP contribution in [0.25, 0.3) is 10.8 Å². The SMILES string of the molecule is CC(C)(C)C(=O)Nc1ccc(NS(=O)(=O)c2cccc3c(NC(=O)NCCCCCC(=O)O)cccc23)cc1. The van der Waals surface area contributed by atoms with Crippen LogP contribution in [0.15, 0.2) is 65.6 Å². The fourth-order valence-electron chi connectivity index (χ4n) is 3.72. The second-order valence-electron chi connectivity index (χ2n) is 10.1. The number of carboxylic acids is 1. The van der Waals surface area contributed by atoms with Gasteiger partial charge in [-0.15, -0.1) is 0 Å². The zero-order chi connectivity index (χ0) is 28.6. The number of carbonyl (C=O) groups is 3. The summed E-state index contributed by atoms with van der Waals surface area (Å²) in [6.07, 6.45) is 1.98. The number of nitrogens with one attached hydrogen (secondary N) is 4. The van der Waals surface area contributed by atoms with Gasteiger partial charge in [-0.1, -0.05) is 51.5 Å². The van der Waals surface area contributed by atoms with Crippen LogP contribution in [0.2, 0.25) is 0 Å². The Morgan fingerprint density at radius 3 is 2.10 bits per heavy atom. The highest BCUT2D eigenvalue weighted by Gasteiger charge is 2.22. The average Bonchev–Trinajstić information content (AvgIpc) is 2.86. The molecule has 0 heterocycles. The van der Waals surface area contributed by atoms with Crippen molar-refractivity contribution in [1.82, 2.24) is 5.32 Å². The van der Waals surface area contributed by atoms with Gasteiger partial charge in [0.15, 0.2) is 0 Å². The number of rotatable bonds is 11. The minimum atomic E-state index is -3.98. The van der Waals surface area contributed by atoms with Crippen LogP contribution in [0, 0.1) is 5.41 Å². The maximum Gasteiger partial charge on any atom is 0.319 e. The van der Waals surface area contributed by atoms with Gasteiger partial charge in [0.1, 0.15) is 0 Å². The number of benzene rings is 3. The summed E-state index contributed by atoms with van der Waals surface area (Å²) in [5.41, 5.74) is 0.772. The standard InChI is InChI=1S/C28H34N4O6S/c1-28(2,3)26(35)30-19-14-16-20(17-15-19)32-39(37,38)24-12-8-9-21-22(24)10-7-11-23(21)31-27(36)29-18-6-4-5-13-25(33)34/h7-12,14-17,32H,4-6,13,18H2,1-3H3,(H,30,35)(H,33,34)(H2,29,31,36). The number of fused-ring (bicyclic) bond motifs is 1. The lowest BCUT2D eigenvalue weighted by Crippen LogP contribution is -2.29. The van der Waals surface area contributed by atoms with Crippen molar-refractivity contribution in [3.63, 3.8) is 0 Å². The molecule has 10 nitrogen and oxygen atoms in total. The Morgan fingerprint density at radius 2 is 1.44 bits per heavy atom. The van der Waals surface area contributed by atoms with Crippen molar-refractivity contribution in [3.8, 4) is 0 Å². The quantitative estimate of drug-likeness (QED) is 0.200. The molecule has 0 aliphatic carbocycles. The summed E-state index contributed by atoms with van der Waals surface area (Å²) in [6, 6.07) is 15.8. The lowest BCUT2D eigenvalue weighted by Gasteiger charge is -2.18. The van der Waals surface area contributed by atoms with Crippen LogP contribution < -0.4 is 20.7 Å². The summed E-state index contributed by atoms with van der Waals surface area (Å²) in [5, 5.41) is 18.0. The predicted octanol–water partition coefficient (Wildman–Crippen LogP) is 5.39. The van der Waals surface area contributed by atoms with E-state index >= 15 is 0 Å². The number of carboxylic acid groups (broad SMARTS) is 1. The average molecular weight is 555 g/mol. The van der Waals surface area contributed by atoms with Crippen molar-refractivity contribution >= 4 is 55.8 Å². The molecule has 0 saturated heterocycles. The van der Waals surface area contributed by atoms with Crippen molar-refractivity contribution in [3.05, 3.63) is 60.7 Å². The molecule has 0 bridgehead atoms. The molecule has 0 atom stereocenters. The third-order valence-corrected chi connectivity index (χ3v) is 7.29. The van der Waals surface area contributed by atoms with Gasteiger partial charge < -0.3 is 21.1 Å². The molecule has 3 amide bonds. The highest BCUT2D eigenvalue weighted by Crippen LogP contribution is 2.30. The van der Waals surface area contributed by atoms with E-state index < -0.39 is 27.4 Å². The first-order valence-electron chi connectivity index (χ1n) is 12.6. The minimum Gasteiger partial charge on any atom is -0.481 e. The first-order valence-corrected chi connectivity index (χ1v) is 14.1. The van der Waals surface area contributed by atoms with Gasteiger partial charge in [0, 0.05) is 40.5 Å². The maximum absolute atomic E-state index is 13.3. The van der Waals surface area contributed by atoms with Crippen LogP contribution in [0.1, 0.15) is 46.5 Å². The Morgan fingerprint density at radius 1 is 0.795 bits per heavy atom. The monoisotopic (exact) mass is 554 g/mol. The van der Waals surface area contributed by atoms with Crippen molar-refractivity contribution in [2.45, 2.75) is 51.3 Å². The molecule has 0 fully saturated rings. The number of anilines is 3. The van der Waals surface area contributed by atoms with Gasteiger partial charge in [-0.2, -0.15) is 0 Å². The van der Waals surface area contributed by atoms with Gasteiger partial charge in [0.2, 0.25) is 5.91 Å². The van der Waals surface area contributed by atoms with Gasteiger partial charge in [-0.05, 0) is 49.2 Å². The van der Waals surface area contributed by atoms with Gasteiger partial charge in [-0.25, -0.2) is 13.2 Å². The zero-order valence-corrected chi connectivity index (χ0v) is 23.0. The molecule has 3 rings (SSSR count). The fourth-order valence-corrected chi connectivity index (χ4v) is 5.00. The number of hydrogen-bond donors (Lipinski definition) is 5. The number of unbranched alkanes of at least 4 members (excludes halogenated alkanes) is 2. The van der Waals surface area contributed by atoms with Crippen LogP contribution in [0.4, 0.5) is 21.9 Å². The molecule has 0 radical (unpaired) electrons. The van der Waals surface area contributed by atoms with E-state index in [1.54, 1.807) is 75.4 Å². The summed E-state index contributed by atoms with van der Waals surface area (Å²) in [7, 11) is -3.98. The molecule has 3 aromatic carbocycles. The topological polar surface area (TPSA) is 154 Å². The summed E-state index contributed by atoms with van der Waals surface area (Å²) in [5.74, 6) is -0.992. The van der Waals surface area contributed by atoms with Crippen molar-refractivity contribution in [2.75, 3.05) is 21.9 Å². The molecule has 0 unspecified atom stereocenters. The smallest absolute Gasteiger partial charge is 0.319 e. The number of aliphatic carboxylic acids is 1. The Bertz CT molecular complexity index is 1450. The maximum atomic E-state index is 13.3. The van der Waals surface area contributed by atoms with E-state index in [9.17, 15) is 22.8 Å². The van der Waals surface area contributed by atoms with Gasteiger partial charge in [-0.3, -0.25) is 14.3 Å². The van der Waals surface area contributed by atoms with E-state index in [4.69, 9.17) is 5.11 Å². The molecule has 5 N–H and O–H groups in total. The van der Waals surface area contributed by atoms with Crippen LogP contribution in [0.3, 0.4) is 0 Å². The first-order chi connectivity index (χ1) is 18.4. The predicted molar refractivity (Wildman–Crippen MR) is 152 cm³/mol. The van der Waals surface area contributed by atoms with E-state index in [1.807, 2.05) is 0 Å². The highest BCUT2D eigenvalue weighted by molar-refractivity contribution is 7.93. The Kier molecular flexibility index (Phi) is 9.52. The van der Waals surface area contributed by atoms with Crippen molar-refractivity contribution < 1.29 is 27.9 Å². The lowest BCUT2D eigenvalue weighted by atomic mass is 9.95. The van der Waals surface area contributed by atoms with E-state index in [0.717, 1.165) is 0 Å². The van der Waals surface area contributed by atoms with E-state index in [1.165, 1.54) is 6.07 Å². The third-order valence-electron chi connectivity index (χ3n) is 5.85. The molecule has 0 aromatic heterocycles. The molecule has 0 aliphatic rings. The molecule has 0 aliphatic heterocycles. The normalized spacial score (nSPS) is 11.6. The molecular weight excluding hydrogens is 520 g/mol. The second-order valence-corrected chi connectivity index (χ2v) is 11.8. The Balaban J connectivity index is 1.70. The van der Waals surface area contributed by atoms with E-state index in [0.29, 0.717) is 53.6 Å². The molecule has 11 heteroatoms. The van der Waals surface area contributed by atoms with Crippen LogP contribution >= 0.6 is 0 Å². The first kappa shape index (κ1) is 29.4.